The zero-order valence-electron chi connectivity index (χ0n) is 12.0. The highest BCUT2D eigenvalue weighted by Gasteiger charge is 2.29. The molecule has 5 heteroatoms. The lowest BCUT2D eigenvalue weighted by atomic mass is 10.2. The van der Waals surface area contributed by atoms with E-state index in [4.69, 9.17) is 0 Å². The summed E-state index contributed by atoms with van der Waals surface area (Å²) in [5.41, 5.74) is 1.00. The fourth-order valence-electron chi connectivity index (χ4n) is 2.16. The van der Waals surface area contributed by atoms with E-state index in [2.05, 4.69) is 27.5 Å². The molecule has 1 unspecified atom stereocenters. The van der Waals surface area contributed by atoms with Crippen LogP contribution in [0.5, 0.6) is 0 Å². The lowest BCUT2D eigenvalue weighted by Crippen LogP contribution is -2.22. The molecule has 0 saturated heterocycles. The van der Waals surface area contributed by atoms with E-state index in [0.29, 0.717) is 12.5 Å². The monoisotopic (exact) mass is 264 g/mol. The molecule has 1 aromatic rings. The molecule has 0 bridgehead atoms. The number of hydrogen-bond donors (Lipinski definition) is 3. The SMILES string of the molecule is CCCc1nc(NC)c(C)c(NCC(O)C2CC2)n1. The second-order valence-electron chi connectivity index (χ2n) is 5.25. The van der Waals surface area contributed by atoms with Gasteiger partial charge in [0.1, 0.15) is 17.5 Å². The Morgan fingerprint density at radius 1 is 1.32 bits per heavy atom. The van der Waals surface area contributed by atoms with Gasteiger partial charge in [-0.05, 0) is 32.1 Å². The lowest BCUT2D eigenvalue weighted by molar-refractivity contribution is 0.164. The molecule has 0 aliphatic heterocycles. The first-order chi connectivity index (χ1) is 9.15. The predicted molar refractivity (Wildman–Crippen MR) is 77.5 cm³/mol. The first kappa shape index (κ1) is 14.1. The highest BCUT2D eigenvalue weighted by atomic mass is 16.3. The molecule has 1 aromatic heterocycles. The average molecular weight is 264 g/mol. The van der Waals surface area contributed by atoms with E-state index in [0.717, 1.165) is 48.7 Å². The first-order valence-corrected chi connectivity index (χ1v) is 7.12. The molecule has 0 radical (unpaired) electrons. The van der Waals surface area contributed by atoms with Crippen LogP contribution >= 0.6 is 0 Å². The second-order valence-corrected chi connectivity index (χ2v) is 5.25. The number of rotatable bonds is 7. The Kier molecular flexibility index (Phi) is 4.58. The zero-order chi connectivity index (χ0) is 13.8. The molecule has 1 heterocycles. The van der Waals surface area contributed by atoms with Gasteiger partial charge in [-0.1, -0.05) is 6.92 Å². The number of nitrogens with one attached hydrogen (secondary N) is 2. The van der Waals surface area contributed by atoms with Crippen LogP contribution in [0.2, 0.25) is 0 Å². The van der Waals surface area contributed by atoms with Crippen molar-refractivity contribution in [3.63, 3.8) is 0 Å². The molecule has 0 amide bonds. The third kappa shape index (κ3) is 3.56. The van der Waals surface area contributed by atoms with Crippen LogP contribution in [0.15, 0.2) is 0 Å². The van der Waals surface area contributed by atoms with Crippen LogP contribution in [0.1, 0.15) is 37.6 Å². The van der Waals surface area contributed by atoms with Gasteiger partial charge in [-0.2, -0.15) is 0 Å². The summed E-state index contributed by atoms with van der Waals surface area (Å²) >= 11 is 0. The Morgan fingerprint density at radius 3 is 2.58 bits per heavy atom. The minimum absolute atomic E-state index is 0.262. The summed E-state index contributed by atoms with van der Waals surface area (Å²) in [5.74, 6) is 3.03. The molecule has 19 heavy (non-hydrogen) atoms. The zero-order valence-corrected chi connectivity index (χ0v) is 12.0. The number of nitrogens with zero attached hydrogens (tertiary/aromatic N) is 2. The maximum Gasteiger partial charge on any atom is 0.134 e. The maximum atomic E-state index is 9.92. The summed E-state index contributed by atoms with van der Waals surface area (Å²) < 4.78 is 0. The van der Waals surface area contributed by atoms with Crippen LogP contribution in [-0.2, 0) is 6.42 Å². The van der Waals surface area contributed by atoms with E-state index in [1.54, 1.807) is 0 Å². The molecule has 0 aromatic carbocycles. The topological polar surface area (TPSA) is 70.1 Å². The van der Waals surface area contributed by atoms with Gasteiger partial charge >= 0.3 is 0 Å². The molecular weight excluding hydrogens is 240 g/mol. The van der Waals surface area contributed by atoms with Crippen molar-refractivity contribution in [2.45, 2.75) is 45.6 Å². The predicted octanol–water partition coefficient (Wildman–Crippen LogP) is 1.96. The molecule has 1 saturated carbocycles. The Balaban J connectivity index is 2.09. The van der Waals surface area contributed by atoms with E-state index < -0.39 is 0 Å². The van der Waals surface area contributed by atoms with Gasteiger partial charge in [0.2, 0.25) is 0 Å². The molecule has 1 aliphatic rings. The molecule has 0 spiro atoms. The van der Waals surface area contributed by atoms with Gasteiger partial charge in [0.25, 0.3) is 0 Å². The van der Waals surface area contributed by atoms with Gasteiger partial charge < -0.3 is 15.7 Å². The van der Waals surface area contributed by atoms with E-state index in [1.807, 2.05) is 14.0 Å². The van der Waals surface area contributed by atoms with Gasteiger partial charge in [0, 0.05) is 25.6 Å². The normalized spacial score (nSPS) is 16.2. The fourth-order valence-corrected chi connectivity index (χ4v) is 2.16. The molecule has 1 aliphatic carbocycles. The van der Waals surface area contributed by atoms with Crippen LogP contribution in [-0.4, -0.2) is 34.8 Å². The number of anilines is 2. The summed E-state index contributed by atoms with van der Waals surface area (Å²) in [5, 5.41) is 16.3. The third-order valence-electron chi connectivity index (χ3n) is 3.55. The molecular formula is C14H24N4O. The maximum absolute atomic E-state index is 9.92. The summed E-state index contributed by atoms with van der Waals surface area (Å²) in [6, 6.07) is 0. The summed E-state index contributed by atoms with van der Waals surface area (Å²) in [6.45, 7) is 4.68. The number of aromatic nitrogens is 2. The summed E-state index contributed by atoms with van der Waals surface area (Å²) in [6.07, 6.45) is 3.93. The molecule has 2 rings (SSSR count). The summed E-state index contributed by atoms with van der Waals surface area (Å²) in [4.78, 5) is 9.04. The number of aryl methyl sites for hydroxylation is 1. The van der Waals surface area contributed by atoms with Crippen LogP contribution in [0.3, 0.4) is 0 Å². The summed E-state index contributed by atoms with van der Waals surface area (Å²) in [7, 11) is 1.87. The largest absolute Gasteiger partial charge is 0.391 e. The highest BCUT2D eigenvalue weighted by molar-refractivity contribution is 5.57. The minimum atomic E-state index is -0.262. The van der Waals surface area contributed by atoms with Crippen molar-refractivity contribution < 1.29 is 5.11 Å². The van der Waals surface area contributed by atoms with Crippen molar-refractivity contribution in [2.24, 2.45) is 5.92 Å². The Hall–Kier alpha value is -1.36. The Labute approximate surface area is 114 Å². The second kappa shape index (κ2) is 6.19. The van der Waals surface area contributed by atoms with Crippen LogP contribution < -0.4 is 10.6 Å². The molecule has 5 nitrogen and oxygen atoms in total. The highest BCUT2D eigenvalue weighted by Crippen LogP contribution is 2.32. The number of hydrogen-bond acceptors (Lipinski definition) is 5. The molecule has 3 N–H and O–H groups in total. The van der Waals surface area contributed by atoms with Crippen molar-refractivity contribution in [3.8, 4) is 0 Å². The van der Waals surface area contributed by atoms with E-state index in [9.17, 15) is 5.11 Å². The van der Waals surface area contributed by atoms with Gasteiger partial charge in [-0.3, -0.25) is 0 Å². The average Bonchev–Trinajstić information content (AvgIpc) is 3.23. The molecule has 1 fully saturated rings. The van der Waals surface area contributed by atoms with Crippen LogP contribution in [0, 0.1) is 12.8 Å². The van der Waals surface area contributed by atoms with Crippen molar-refractivity contribution in [3.05, 3.63) is 11.4 Å². The van der Waals surface area contributed by atoms with Crippen molar-refractivity contribution in [2.75, 3.05) is 24.2 Å². The Bertz CT molecular complexity index is 432. The van der Waals surface area contributed by atoms with Crippen molar-refractivity contribution in [1.29, 1.82) is 0 Å². The van der Waals surface area contributed by atoms with Gasteiger partial charge in [0.05, 0.1) is 6.10 Å². The lowest BCUT2D eigenvalue weighted by Gasteiger charge is -2.15. The van der Waals surface area contributed by atoms with Crippen molar-refractivity contribution in [1.82, 2.24) is 9.97 Å². The van der Waals surface area contributed by atoms with E-state index in [1.165, 1.54) is 0 Å². The van der Waals surface area contributed by atoms with E-state index in [-0.39, 0.29) is 6.10 Å². The fraction of sp³-hybridized carbons (Fsp3) is 0.714. The molecule has 106 valence electrons. The number of aliphatic hydroxyl groups excluding tert-OH is 1. The smallest absolute Gasteiger partial charge is 0.134 e. The van der Waals surface area contributed by atoms with Gasteiger partial charge in [-0.15, -0.1) is 0 Å². The molecule has 1 atom stereocenters. The van der Waals surface area contributed by atoms with Gasteiger partial charge in [0.15, 0.2) is 0 Å². The Morgan fingerprint density at radius 2 is 2.00 bits per heavy atom. The van der Waals surface area contributed by atoms with Gasteiger partial charge in [-0.25, -0.2) is 9.97 Å². The third-order valence-corrected chi connectivity index (χ3v) is 3.55. The van der Waals surface area contributed by atoms with Crippen molar-refractivity contribution >= 4 is 11.6 Å². The standard InChI is InChI=1S/C14H24N4O/c1-4-5-12-17-13(15-3)9(2)14(18-12)16-8-11(19)10-6-7-10/h10-11,19H,4-8H2,1-3H3,(H2,15,16,17,18). The first-order valence-electron chi connectivity index (χ1n) is 7.12. The minimum Gasteiger partial charge on any atom is -0.391 e. The quantitative estimate of drug-likeness (QED) is 0.702. The van der Waals surface area contributed by atoms with Crippen LogP contribution in [0.4, 0.5) is 11.6 Å². The van der Waals surface area contributed by atoms with E-state index >= 15 is 0 Å². The van der Waals surface area contributed by atoms with Crippen LogP contribution in [0.25, 0.3) is 0 Å². The number of aliphatic hydroxyl groups is 1.